The fourth-order valence-corrected chi connectivity index (χ4v) is 3.94. The molecule has 2 aromatic carbocycles. The average molecular weight is 295 g/mol. The smallest absolute Gasteiger partial charge is 0.165 e. The summed E-state index contributed by atoms with van der Waals surface area (Å²) in [6.07, 6.45) is 2.18. The van der Waals surface area contributed by atoms with Crippen molar-refractivity contribution in [2.24, 2.45) is 0 Å². The number of fused-ring (bicyclic) bond motifs is 4. The third kappa shape index (κ3) is 2.00. The summed E-state index contributed by atoms with van der Waals surface area (Å²) in [4.78, 5) is 2.58. The molecule has 0 spiro atoms. The second-order valence-corrected chi connectivity index (χ2v) is 6.08. The largest absolute Gasteiger partial charge is 0.493 e. The molecule has 0 amide bonds. The highest BCUT2D eigenvalue weighted by molar-refractivity contribution is 5.52. The van der Waals surface area contributed by atoms with Crippen LogP contribution in [0, 0.1) is 0 Å². The molecule has 2 aliphatic heterocycles. The van der Waals surface area contributed by atoms with Crippen molar-refractivity contribution in [1.82, 2.24) is 4.90 Å². The molecule has 0 unspecified atom stereocenters. The van der Waals surface area contributed by atoms with Gasteiger partial charge >= 0.3 is 0 Å². The Morgan fingerprint density at radius 2 is 1.86 bits per heavy atom. The van der Waals surface area contributed by atoms with Gasteiger partial charge in [-0.1, -0.05) is 30.3 Å². The van der Waals surface area contributed by atoms with E-state index in [1.807, 2.05) is 6.07 Å². The molecular formula is C19H21NO2. The second-order valence-electron chi connectivity index (χ2n) is 6.08. The molecule has 2 heterocycles. The molecule has 0 bridgehead atoms. The predicted octanol–water partition coefficient (Wildman–Crippen LogP) is 3.36. The fourth-order valence-electron chi connectivity index (χ4n) is 3.94. The molecule has 0 saturated heterocycles. The zero-order chi connectivity index (χ0) is 15.1. The monoisotopic (exact) mass is 295 g/mol. The molecule has 2 aliphatic rings. The molecule has 0 fully saturated rings. The van der Waals surface area contributed by atoms with Crippen molar-refractivity contribution in [1.29, 1.82) is 0 Å². The van der Waals surface area contributed by atoms with E-state index in [4.69, 9.17) is 9.47 Å². The minimum atomic E-state index is 0.496. The van der Waals surface area contributed by atoms with Crippen LogP contribution in [0.5, 0.6) is 11.5 Å². The Morgan fingerprint density at radius 1 is 1.00 bits per heavy atom. The molecule has 0 N–H and O–H groups in total. The lowest BCUT2D eigenvalue weighted by Gasteiger charge is -2.41. The lowest BCUT2D eigenvalue weighted by atomic mass is 9.84. The third-order valence-corrected chi connectivity index (χ3v) is 5.04. The van der Waals surface area contributed by atoms with Crippen molar-refractivity contribution in [2.75, 3.05) is 20.8 Å². The maximum atomic E-state index is 5.63. The van der Waals surface area contributed by atoms with E-state index in [0.29, 0.717) is 6.04 Å². The van der Waals surface area contributed by atoms with Crippen LogP contribution in [-0.4, -0.2) is 25.7 Å². The van der Waals surface area contributed by atoms with E-state index in [-0.39, 0.29) is 0 Å². The number of methoxy groups -OCH3 is 2. The Labute approximate surface area is 131 Å². The molecular weight excluding hydrogens is 274 g/mol. The van der Waals surface area contributed by atoms with Crippen LogP contribution in [0.2, 0.25) is 0 Å². The van der Waals surface area contributed by atoms with Gasteiger partial charge in [-0.3, -0.25) is 4.90 Å². The lowest BCUT2D eigenvalue weighted by molar-refractivity contribution is 0.158. The van der Waals surface area contributed by atoms with Gasteiger partial charge in [0.15, 0.2) is 11.5 Å². The molecule has 114 valence electrons. The standard InChI is InChI=1S/C19H21NO2/c1-21-18-8-7-14-11-17-15-6-4-3-5-13(15)9-10-20(17)12-16(14)19(18)22-2/h3-8,17H,9-12H2,1-2H3/t17-/m0/s1. The van der Waals surface area contributed by atoms with Crippen LogP contribution in [0.4, 0.5) is 0 Å². The van der Waals surface area contributed by atoms with E-state index in [1.54, 1.807) is 14.2 Å². The minimum Gasteiger partial charge on any atom is -0.493 e. The molecule has 3 nitrogen and oxygen atoms in total. The summed E-state index contributed by atoms with van der Waals surface area (Å²) >= 11 is 0. The highest BCUT2D eigenvalue weighted by atomic mass is 16.5. The number of rotatable bonds is 2. The van der Waals surface area contributed by atoms with Crippen molar-refractivity contribution in [3.8, 4) is 11.5 Å². The first-order valence-electron chi connectivity index (χ1n) is 7.86. The van der Waals surface area contributed by atoms with Gasteiger partial charge in [-0.15, -0.1) is 0 Å². The van der Waals surface area contributed by atoms with Gasteiger partial charge in [0.2, 0.25) is 0 Å². The molecule has 22 heavy (non-hydrogen) atoms. The fraction of sp³-hybridized carbons (Fsp3) is 0.368. The summed E-state index contributed by atoms with van der Waals surface area (Å²) in [6, 6.07) is 13.6. The maximum Gasteiger partial charge on any atom is 0.165 e. The first-order valence-corrected chi connectivity index (χ1v) is 7.86. The molecule has 4 rings (SSSR count). The predicted molar refractivity (Wildman–Crippen MR) is 86.5 cm³/mol. The Hall–Kier alpha value is -2.00. The highest BCUT2D eigenvalue weighted by Gasteiger charge is 2.33. The van der Waals surface area contributed by atoms with Crippen LogP contribution in [-0.2, 0) is 19.4 Å². The number of hydrogen-bond acceptors (Lipinski definition) is 3. The molecule has 0 saturated carbocycles. The van der Waals surface area contributed by atoms with Crippen LogP contribution in [0.3, 0.4) is 0 Å². The summed E-state index contributed by atoms with van der Waals surface area (Å²) < 4.78 is 11.1. The second kappa shape index (κ2) is 5.33. The molecule has 1 atom stereocenters. The van der Waals surface area contributed by atoms with Gasteiger partial charge in [0.25, 0.3) is 0 Å². The van der Waals surface area contributed by atoms with E-state index in [0.717, 1.165) is 37.4 Å². The zero-order valence-electron chi connectivity index (χ0n) is 13.1. The van der Waals surface area contributed by atoms with Crippen LogP contribution < -0.4 is 9.47 Å². The summed E-state index contributed by atoms with van der Waals surface area (Å²) in [7, 11) is 3.43. The molecule has 0 aromatic heterocycles. The van der Waals surface area contributed by atoms with Crippen molar-refractivity contribution in [3.05, 3.63) is 58.7 Å². The highest BCUT2D eigenvalue weighted by Crippen LogP contribution is 2.43. The number of benzene rings is 2. The topological polar surface area (TPSA) is 21.7 Å². The van der Waals surface area contributed by atoms with Gasteiger partial charge in [-0.25, -0.2) is 0 Å². The quantitative estimate of drug-likeness (QED) is 0.848. The first kappa shape index (κ1) is 13.6. The van der Waals surface area contributed by atoms with Gasteiger partial charge in [-0.05, 0) is 35.6 Å². The van der Waals surface area contributed by atoms with E-state index in [1.165, 1.54) is 22.3 Å². The van der Waals surface area contributed by atoms with Gasteiger partial charge in [0, 0.05) is 24.7 Å². The van der Waals surface area contributed by atoms with Crippen molar-refractivity contribution >= 4 is 0 Å². The Kier molecular flexibility index (Phi) is 3.30. The van der Waals surface area contributed by atoms with E-state index < -0.39 is 0 Å². The molecule has 2 aromatic rings. The van der Waals surface area contributed by atoms with Crippen molar-refractivity contribution in [2.45, 2.75) is 25.4 Å². The average Bonchev–Trinajstić information content (AvgIpc) is 2.58. The summed E-state index contributed by atoms with van der Waals surface area (Å²) in [5, 5.41) is 0. The number of nitrogens with zero attached hydrogens (tertiary/aromatic N) is 1. The van der Waals surface area contributed by atoms with Crippen molar-refractivity contribution in [3.63, 3.8) is 0 Å². The van der Waals surface area contributed by atoms with E-state index in [9.17, 15) is 0 Å². The summed E-state index contributed by atoms with van der Waals surface area (Å²) in [5.41, 5.74) is 5.68. The van der Waals surface area contributed by atoms with Gasteiger partial charge in [0.1, 0.15) is 0 Å². The Morgan fingerprint density at radius 3 is 2.68 bits per heavy atom. The van der Waals surface area contributed by atoms with Gasteiger partial charge < -0.3 is 9.47 Å². The minimum absolute atomic E-state index is 0.496. The Balaban J connectivity index is 1.78. The zero-order valence-corrected chi connectivity index (χ0v) is 13.1. The molecule has 0 aliphatic carbocycles. The lowest BCUT2D eigenvalue weighted by Crippen LogP contribution is -2.39. The molecule has 0 radical (unpaired) electrons. The first-order chi connectivity index (χ1) is 10.8. The SMILES string of the molecule is COc1ccc2c(c1OC)CN1CCc3ccccc3[C@@H]1C2. The van der Waals surface area contributed by atoms with Crippen molar-refractivity contribution < 1.29 is 9.47 Å². The normalized spacial score (nSPS) is 19.8. The van der Waals surface area contributed by atoms with Gasteiger partial charge in [0.05, 0.1) is 14.2 Å². The van der Waals surface area contributed by atoms with Crippen LogP contribution in [0.1, 0.15) is 28.3 Å². The summed E-state index contributed by atoms with van der Waals surface area (Å²) in [6.45, 7) is 2.05. The van der Waals surface area contributed by atoms with E-state index >= 15 is 0 Å². The maximum absolute atomic E-state index is 5.63. The third-order valence-electron chi connectivity index (χ3n) is 5.04. The number of ether oxygens (including phenoxy) is 2. The van der Waals surface area contributed by atoms with E-state index in [2.05, 4.69) is 35.2 Å². The van der Waals surface area contributed by atoms with Crippen LogP contribution in [0.25, 0.3) is 0 Å². The van der Waals surface area contributed by atoms with Crippen LogP contribution >= 0.6 is 0 Å². The van der Waals surface area contributed by atoms with Gasteiger partial charge in [-0.2, -0.15) is 0 Å². The number of hydrogen-bond donors (Lipinski definition) is 0. The summed E-state index contributed by atoms with van der Waals surface area (Å²) in [5.74, 6) is 1.73. The van der Waals surface area contributed by atoms with Crippen LogP contribution in [0.15, 0.2) is 36.4 Å². The molecule has 3 heteroatoms. The Bertz CT molecular complexity index is 711.